The molecule has 0 heterocycles. The zero-order valence-corrected chi connectivity index (χ0v) is 34.4. The lowest BCUT2D eigenvalue weighted by molar-refractivity contribution is -0.870. The molecule has 0 aliphatic carbocycles. The summed E-state index contributed by atoms with van der Waals surface area (Å²) in [6.45, 7) is 4.41. The van der Waals surface area contributed by atoms with Crippen molar-refractivity contribution in [3.05, 3.63) is 85.1 Å². The minimum Gasteiger partial charge on any atom is -0.756 e. The van der Waals surface area contributed by atoms with Crippen molar-refractivity contribution in [2.75, 3.05) is 40.9 Å². The van der Waals surface area contributed by atoms with Crippen molar-refractivity contribution in [2.45, 2.75) is 142 Å². The molecule has 0 aliphatic rings. The van der Waals surface area contributed by atoms with Gasteiger partial charge < -0.3 is 28.8 Å². The summed E-state index contributed by atoms with van der Waals surface area (Å²) in [6.07, 6.45) is 46.4. The molecule has 0 radical (unpaired) electrons. The summed E-state index contributed by atoms with van der Waals surface area (Å²) in [6, 6.07) is -0.936. The van der Waals surface area contributed by atoms with E-state index in [1.807, 2.05) is 27.2 Å². The standard InChI is InChI=1S/C43H75N2O6P/c1-6-8-10-12-14-16-18-20-21-22-23-25-27-29-31-33-35-37-43(47)44-41(40-51-52(48,49)50-39-38-45(3,4)5)42(46)36-34-32-30-28-26-24-19-17-15-13-11-9-7-2/h8,10,14,16,20-21,23,25-26,28-29,31,34,36,41-42,46H,6-7,9,11-13,15,17-19,22,24,27,30,32-33,35,37-40H2,1-5H3,(H-,44,47,48,49)/b10-8-,16-14-,21-20-,25-23-,28-26+,31-29-,36-34+. The van der Waals surface area contributed by atoms with E-state index in [0.29, 0.717) is 17.4 Å². The number of nitrogens with one attached hydrogen (secondary N) is 1. The largest absolute Gasteiger partial charge is 0.756 e. The predicted molar refractivity (Wildman–Crippen MR) is 219 cm³/mol. The molecule has 0 bridgehead atoms. The highest BCUT2D eigenvalue weighted by atomic mass is 31.2. The Kier molecular flexibility index (Phi) is 32.9. The van der Waals surface area contributed by atoms with Gasteiger partial charge >= 0.3 is 0 Å². The topological polar surface area (TPSA) is 108 Å². The third-order valence-electron chi connectivity index (χ3n) is 8.09. The maximum absolute atomic E-state index is 12.8. The number of hydrogen-bond donors (Lipinski definition) is 2. The number of quaternary nitrogens is 1. The van der Waals surface area contributed by atoms with E-state index in [1.165, 1.54) is 44.9 Å². The number of hydrogen-bond acceptors (Lipinski definition) is 6. The van der Waals surface area contributed by atoms with Crippen LogP contribution in [-0.2, 0) is 18.4 Å². The first kappa shape index (κ1) is 49.7. The number of likely N-dealkylation sites (N-methyl/N-ethyl adjacent to an activating group) is 1. The van der Waals surface area contributed by atoms with Crippen LogP contribution in [0.4, 0.5) is 0 Å². The monoisotopic (exact) mass is 747 g/mol. The number of rotatable bonds is 34. The fourth-order valence-corrected chi connectivity index (χ4v) is 5.63. The van der Waals surface area contributed by atoms with E-state index in [9.17, 15) is 19.4 Å². The number of unbranched alkanes of at least 4 members (excludes halogenated alkanes) is 9. The molecule has 8 nitrogen and oxygen atoms in total. The van der Waals surface area contributed by atoms with Crippen LogP contribution in [0.1, 0.15) is 129 Å². The number of allylic oxidation sites excluding steroid dienone is 13. The highest BCUT2D eigenvalue weighted by Crippen LogP contribution is 2.38. The third-order valence-corrected chi connectivity index (χ3v) is 9.05. The molecule has 0 fully saturated rings. The SMILES string of the molecule is CC/C=C\C/C=C\C/C=C\C/C=C\C/C=C\CCCC(=O)NC(COP(=O)([O-])OCC[N+](C)(C)C)C(O)/C=C/CC/C=C/CCCCCCCCC. The fourth-order valence-electron chi connectivity index (χ4n) is 4.91. The van der Waals surface area contributed by atoms with Gasteiger partial charge in [-0.1, -0.05) is 137 Å². The van der Waals surface area contributed by atoms with Gasteiger partial charge in [-0.25, -0.2) is 0 Å². The Morgan fingerprint density at radius 3 is 1.79 bits per heavy atom. The lowest BCUT2D eigenvalue weighted by Crippen LogP contribution is -2.45. The Morgan fingerprint density at radius 2 is 1.19 bits per heavy atom. The minimum absolute atomic E-state index is 0.0218. The lowest BCUT2D eigenvalue weighted by atomic mass is 10.1. The zero-order chi connectivity index (χ0) is 38.6. The summed E-state index contributed by atoms with van der Waals surface area (Å²) in [4.78, 5) is 25.2. The van der Waals surface area contributed by atoms with Gasteiger partial charge in [-0.05, 0) is 70.6 Å². The number of nitrogens with zero attached hydrogens (tertiary/aromatic N) is 1. The molecule has 0 spiro atoms. The molecule has 52 heavy (non-hydrogen) atoms. The van der Waals surface area contributed by atoms with Gasteiger partial charge in [-0.3, -0.25) is 9.36 Å². The van der Waals surface area contributed by atoms with E-state index in [2.05, 4.69) is 92.1 Å². The van der Waals surface area contributed by atoms with Gasteiger partial charge in [0.15, 0.2) is 0 Å². The molecular weight excluding hydrogens is 671 g/mol. The number of phosphoric acid groups is 1. The van der Waals surface area contributed by atoms with E-state index >= 15 is 0 Å². The molecule has 9 heteroatoms. The van der Waals surface area contributed by atoms with Crippen LogP contribution in [0.15, 0.2) is 85.1 Å². The number of aliphatic hydroxyl groups excluding tert-OH is 1. The molecule has 0 saturated carbocycles. The number of carbonyl (C=O) groups excluding carboxylic acids is 1. The Bertz CT molecular complexity index is 1120. The first-order chi connectivity index (χ1) is 25.0. The van der Waals surface area contributed by atoms with Crippen LogP contribution < -0.4 is 10.2 Å². The zero-order valence-electron chi connectivity index (χ0n) is 33.5. The van der Waals surface area contributed by atoms with Crippen LogP contribution in [0.5, 0.6) is 0 Å². The Balaban J connectivity index is 4.68. The Hall–Kier alpha value is -2.32. The molecule has 0 aromatic heterocycles. The quantitative estimate of drug-likeness (QED) is 0.0294. The molecule has 0 saturated heterocycles. The van der Waals surface area contributed by atoms with Gasteiger partial charge in [0, 0.05) is 6.42 Å². The van der Waals surface area contributed by atoms with E-state index in [4.69, 9.17) is 9.05 Å². The Labute approximate surface area is 318 Å². The van der Waals surface area contributed by atoms with E-state index < -0.39 is 26.6 Å². The van der Waals surface area contributed by atoms with Crippen molar-refractivity contribution >= 4 is 13.7 Å². The second-order valence-corrected chi connectivity index (χ2v) is 15.7. The number of phosphoric ester groups is 1. The molecule has 0 aromatic carbocycles. The summed E-state index contributed by atoms with van der Waals surface area (Å²) in [5.74, 6) is -0.270. The summed E-state index contributed by atoms with van der Waals surface area (Å²) in [7, 11) is 1.19. The number of amides is 1. The van der Waals surface area contributed by atoms with Crippen LogP contribution >= 0.6 is 7.82 Å². The third kappa shape index (κ3) is 36.1. The van der Waals surface area contributed by atoms with Crippen molar-refractivity contribution in [1.82, 2.24) is 5.32 Å². The molecule has 3 unspecified atom stereocenters. The molecule has 0 rings (SSSR count). The van der Waals surface area contributed by atoms with Gasteiger partial charge in [0.1, 0.15) is 13.2 Å². The van der Waals surface area contributed by atoms with Crippen LogP contribution in [-0.4, -0.2) is 68.5 Å². The summed E-state index contributed by atoms with van der Waals surface area (Å²) >= 11 is 0. The molecule has 0 aliphatic heterocycles. The minimum atomic E-state index is -4.61. The van der Waals surface area contributed by atoms with Gasteiger partial charge in [0.25, 0.3) is 7.82 Å². The molecule has 2 N–H and O–H groups in total. The van der Waals surface area contributed by atoms with Crippen molar-refractivity contribution in [2.24, 2.45) is 0 Å². The molecule has 1 amide bonds. The van der Waals surface area contributed by atoms with Crippen LogP contribution in [0.2, 0.25) is 0 Å². The van der Waals surface area contributed by atoms with Gasteiger partial charge in [-0.2, -0.15) is 0 Å². The molecule has 298 valence electrons. The highest BCUT2D eigenvalue weighted by molar-refractivity contribution is 7.45. The highest BCUT2D eigenvalue weighted by Gasteiger charge is 2.23. The van der Waals surface area contributed by atoms with Crippen molar-refractivity contribution in [3.63, 3.8) is 0 Å². The Morgan fingerprint density at radius 1 is 0.692 bits per heavy atom. The van der Waals surface area contributed by atoms with Gasteiger partial charge in [0.05, 0.1) is 39.9 Å². The first-order valence-electron chi connectivity index (χ1n) is 19.9. The van der Waals surface area contributed by atoms with E-state index in [0.717, 1.165) is 57.8 Å². The van der Waals surface area contributed by atoms with Crippen molar-refractivity contribution in [3.8, 4) is 0 Å². The predicted octanol–water partition coefficient (Wildman–Crippen LogP) is 9.99. The van der Waals surface area contributed by atoms with E-state index in [1.54, 1.807) is 6.08 Å². The van der Waals surface area contributed by atoms with Crippen LogP contribution in [0.25, 0.3) is 0 Å². The average Bonchev–Trinajstić information content (AvgIpc) is 3.09. The summed E-state index contributed by atoms with van der Waals surface area (Å²) in [5.41, 5.74) is 0. The molecule has 0 aromatic rings. The number of aliphatic hydroxyl groups is 1. The molecular formula is C43H75N2O6P. The lowest BCUT2D eigenvalue weighted by Gasteiger charge is -2.29. The first-order valence-corrected chi connectivity index (χ1v) is 21.4. The number of carbonyl (C=O) groups is 1. The van der Waals surface area contributed by atoms with E-state index in [-0.39, 0.29) is 18.9 Å². The second kappa shape index (κ2) is 34.4. The van der Waals surface area contributed by atoms with Crippen LogP contribution in [0.3, 0.4) is 0 Å². The normalized spacial score (nSPS) is 15.4. The fraction of sp³-hybridized carbons (Fsp3) is 0.651. The van der Waals surface area contributed by atoms with Crippen molar-refractivity contribution in [1.29, 1.82) is 0 Å². The average molecular weight is 747 g/mol. The molecule has 3 atom stereocenters. The maximum atomic E-state index is 12.8. The summed E-state index contributed by atoms with van der Waals surface area (Å²) in [5, 5.41) is 13.6. The second-order valence-electron chi connectivity index (χ2n) is 14.2. The summed E-state index contributed by atoms with van der Waals surface area (Å²) < 4.78 is 23.1. The van der Waals surface area contributed by atoms with Gasteiger partial charge in [0.2, 0.25) is 5.91 Å². The smallest absolute Gasteiger partial charge is 0.268 e. The van der Waals surface area contributed by atoms with Crippen LogP contribution in [0, 0.1) is 0 Å². The maximum Gasteiger partial charge on any atom is 0.268 e. The van der Waals surface area contributed by atoms with Gasteiger partial charge in [-0.15, -0.1) is 0 Å². The van der Waals surface area contributed by atoms with Crippen molar-refractivity contribution < 1.29 is 32.9 Å².